The number of piperidine rings is 1. The number of methoxy groups -OCH3 is 1. The minimum Gasteiger partial charge on any atom is -0.398 e. The van der Waals surface area contributed by atoms with Gasteiger partial charge in [-0.25, -0.2) is 0 Å². The number of nitrogens with two attached hydrogens (primary N) is 1. The third kappa shape index (κ3) is 3.61. The molecule has 0 spiro atoms. The highest BCUT2D eigenvalue weighted by Gasteiger charge is 2.19. The molecule has 0 saturated carbocycles. The smallest absolute Gasteiger partial charge is 0.0635 e. The second-order valence-corrected chi connectivity index (χ2v) is 5.46. The molecule has 18 heavy (non-hydrogen) atoms. The zero-order valence-electron chi connectivity index (χ0n) is 10.9. The van der Waals surface area contributed by atoms with Crippen LogP contribution < -0.4 is 5.73 Å². The number of hydrogen-bond donors (Lipinski definition) is 1. The SMILES string of the molecule is COCC1CCCN(Cc2ccc(Cl)c(N)c2)C1. The van der Waals surface area contributed by atoms with Gasteiger partial charge in [-0.15, -0.1) is 0 Å². The summed E-state index contributed by atoms with van der Waals surface area (Å²) < 4.78 is 5.25. The summed E-state index contributed by atoms with van der Waals surface area (Å²) in [6.45, 7) is 4.07. The number of nitrogen functional groups attached to an aromatic ring is 1. The first kappa shape index (κ1) is 13.7. The van der Waals surface area contributed by atoms with Crippen molar-refractivity contribution in [3.05, 3.63) is 28.8 Å². The molecule has 1 aromatic rings. The van der Waals surface area contributed by atoms with Gasteiger partial charge in [0.1, 0.15) is 0 Å². The highest BCUT2D eigenvalue weighted by atomic mass is 35.5. The molecule has 0 bridgehead atoms. The Bertz CT molecular complexity index is 395. The number of halogens is 1. The van der Waals surface area contributed by atoms with E-state index in [-0.39, 0.29) is 0 Å². The molecule has 1 heterocycles. The number of ether oxygens (including phenoxy) is 1. The Hall–Kier alpha value is -0.770. The lowest BCUT2D eigenvalue weighted by Crippen LogP contribution is -2.36. The number of anilines is 1. The lowest BCUT2D eigenvalue weighted by atomic mass is 9.98. The predicted octanol–water partition coefficient (Wildman–Crippen LogP) is 2.78. The third-order valence-corrected chi connectivity index (χ3v) is 3.82. The first-order valence-corrected chi connectivity index (χ1v) is 6.82. The minimum atomic E-state index is 0.634. The third-order valence-electron chi connectivity index (χ3n) is 3.47. The molecule has 0 radical (unpaired) electrons. The van der Waals surface area contributed by atoms with Gasteiger partial charge in [-0.1, -0.05) is 17.7 Å². The maximum absolute atomic E-state index is 5.93. The van der Waals surface area contributed by atoms with Crippen LogP contribution in [0.1, 0.15) is 18.4 Å². The molecule has 1 aliphatic rings. The molecule has 100 valence electrons. The minimum absolute atomic E-state index is 0.634. The van der Waals surface area contributed by atoms with Crippen molar-refractivity contribution in [2.45, 2.75) is 19.4 Å². The van der Waals surface area contributed by atoms with E-state index in [0.29, 0.717) is 16.6 Å². The average Bonchev–Trinajstić information content (AvgIpc) is 2.35. The zero-order valence-corrected chi connectivity index (χ0v) is 11.6. The average molecular weight is 269 g/mol. The van der Waals surface area contributed by atoms with Crippen LogP contribution in [-0.4, -0.2) is 31.7 Å². The van der Waals surface area contributed by atoms with E-state index in [1.54, 1.807) is 7.11 Å². The fourth-order valence-corrected chi connectivity index (χ4v) is 2.73. The van der Waals surface area contributed by atoms with Crippen molar-refractivity contribution >= 4 is 17.3 Å². The number of likely N-dealkylation sites (tertiary alicyclic amines) is 1. The van der Waals surface area contributed by atoms with Gasteiger partial charge in [0.25, 0.3) is 0 Å². The molecule has 1 aromatic carbocycles. The van der Waals surface area contributed by atoms with Crippen LogP contribution >= 0.6 is 11.6 Å². The van der Waals surface area contributed by atoms with Crippen molar-refractivity contribution in [3.8, 4) is 0 Å². The van der Waals surface area contributed by atoms with Gasteiger partial charge in [-0.2, -0.15) is 0 Å². The van der Waals surface area contributed by atoms with E-state index >= 15 is 0 Å². The molecular formula is C14H21ClN2O. The molecule has 4 heteroatoms. The van der Waals surface area contributed by atoms with Gasteiger partial charge in [0.05, 0.1) is 17.3 Å². The van der Waals surface area contributed by atoms with Gasteiger partial charge in [-0.3, -0.25) is 4.90 Å². The van der Waals surface area contributed by atoms with E-state index in [1.807, 2.05) is 12.1 Å². The molecule has 1 saturated heterocycles. The Kier molecular flexibility index (Phi) is 4.87. The van der Waals surface area contributed by atoms with Crippen molar-refractivity contribution in [3.63, 3.8) is 0 Å². The Morgan fingerprint density at radius 1 is 1.50 bits per heavy atom. The summed E-state index contributed by atoms with van der Waals surface area (Å²) in [6, 6.07) is 5.91. The molecule has 3 nitrogen and oxygen atoms in total. The van der Waals surface area contributed by atoms with Crippen LogP contribution in [-0.2, 0) is 11.3 Å². The lowest BCUT2D eigenvalue weighted by Gasteiger charge is -2.32. The number of benzene rings is 1. The van der Waals surface area contributed by atoms with E-state index in [1.165, 1.54) is 18.4 Å². The molecule has 2 rings (SSSR count). The Morgan fingerprint density at radius 2 is 2.33 bits per heavy atom. The van der Waals surface area contributed by atoms with Gasteiger partial charge < -0.3 is 10.5 Å². The van der Waals surface area contributed by atoms with E-state index < -0.39 is 0 Å². The molecule has 1 atom stereocenters. The summed E-state index contributed by atoms with van der Waals surface area (Å²) in [6.07, 6.45) is 2.52. The molecule has 2 N–H and O–H groups in total. The fourth-order valence-electron chi connectivity index (χ4n) is 2.62. The summed E-state index contributed by atoms with van der Waals surface area (Å²) >= 11 is 5.93. The van der Waals surface area contributed by atoms with Crippen LogP contribution in [0.25, 0.3) is 0 Å². The Morgan fingerprint density at radius 3 is 3.06 bits per heavy atom. The highest BCUT2D eigenvalue weighted by molar-refractivity contribution is 6.33. The second kappa shape index (κ2) is 6.41. The van der Waals surface area contributed by atoms with Crippen LogP contribution in [0.2, 0.25) is 5.02 Å². The lowest BCUT2D eigenvalue weighted by molar-refractivity contribution is 0.0874. The fraction of sp³-hybridized carbons (Fsp3) is 0.571. The summed E-state index contributed by atoms with van der Waals surface area (Å²) in [5.41, 5.74) is 7.73. The predicted molar refractivity (Wildman–Crippen MR) is 75.7 cm³/mol. The van der Waals surface area contributed by atoms with Gasteiger partial charge >= 0.3 is 0 Å². The summed E-state index contributed by atoms with van der Waals surface area (Å²) in [4.78, 5) is 2.47. The largest absolute Gasteiger partial charge is 0.398 e. The van der Waals surface area contributed by atoms with E-state index in [2.05, 4.69) is 11.0 Å². The van der Waals surface area contributed by atoms with Crippen molar-refractivity contribution in [1.82, 2.24) is 4.90 Å². The summed E-state index contributed by atoms with van der Waals surface area (Å²) in [5, 5.41) is 0.634. The quantitative estimate of drug-likeness (QED) is 0.854. The van der Waals surface area contributed by atoms with E-state index in [4.69, 9.17) is 22.1 Å². The monoisotopic (exact) mass is 268 g/mol. The molecule has 0 aromatic heterocycles. The standard InChI is InChI=1S/C14H21ClN2O/c1-18-10-12-3-2-6-17(9-12)8-11-4-5-13(15)14(16)7-11/h4-5,7,12H,2-3,6,8-10,16H2,1H3. The maximum Gasteiger partial charge on any atom is 0.0635 e. The van der Waals surface area contributed by atoms with Crippen LogP contribution in [0.4, 0.5) is 5.69 Å². The van der Waals surface area contributed by atoms with Crippen molar-refractivity contribution in [1.29, 1.82) is 0 Å². The van der Waals surface area contributed by atoms with Gasteiger partial charge in [0.2, 0.25) is 0 Å². The molecular weight excluding hydrogens is 248 g/mol. The van der Waals surface area contributed by atoms with Gasteiger partial charge in [-0.05, 0) is 43.0 Å². The van der Waals surface area contributed by atoms with E-state index in [0.717, 1.165) is 26.2 Å². The molecule has 0 aliphatic carbocycles. The van der Waals surface area contributed by atoms with Crippen LogP contribution in [0.15, 0.2) is 18.2 Å². The maximum atomic E-state index is 5.93. The van der Waals surface area contributed by atoms with Crippen LogP contribution in [0.3, 0.4) is 0 Å². The summed E-state index contributed by atoms with van der Waals surface area (Å²) in [7, 11) is 1.78. The molecule has 1 fully saturated rings. The van der Waals surface area contributed by atoms with Crippen LogP contribution in [0, 0.1) is 5.92 Å². The van der Waals surface area contributed by atoms with Crippen LogP contribution in [0.5, 0.6) is 0 Å². The normalized spacial score (nSPS) is 21.1. The zero-order chi connectivity index (χ0) is 13.0. The first-order valence-electron chi connectivity index (χ1n) is 6.44. The highest BCUT2D eigenvalue weighted by Crippen LogP contribution is 2.22. The molecule has 1 aliphatic heterocycles. The Balaban J connectivity index is 1.93. The van der Waals surface area contributed by atoms with Crippen molar-refractivity contribution in [2.24, 2.45) is 5.92 Å². The summed E-state index contributed by atoms with van der Waals surface area (Å²) in [5.74, 6) is 0.661. The van der Waals surface area contributed by atoms with Crippen molar-refractivity contribution < 1.29 is 4.74 Å². The van der Waals surface area contributed by atoms with E-state index in [9.17, 15) is 0 Å². The van der Waals surface area contributed by atoms with Gasteiger partial charge in [0, 0.05) is 20.2 Å². The second-order valence-electron chi connectivity index (χ2n) is 5.05. The van der Waals surface area contributed by atoms with Gasteiger partial charge in [0.15, 0.2) is 0 Å². The topological polar surface area (TPSA) is 38.5 Å². The molecule has 1 unspecified atom stereocenters. The molecule has 0 amide bonds. The first-order chi connectivity index (χ1) is 8.69. The number of nitrogens with zero attached hydrogens (tertiary/aromatic N) is 1. The Labute approximate surface area is 114 Å². The number of rotatable bonds is 4. The number of hydrogen-bond acceptors (Lipinski definition) is 3. The van der Waals surface area contributed by atoms with Crippen molar-refractivity contribution in [2.75, 3.05) is 32.5 Å².